The molecule has 1 aliphatic rings. The first kappa shape index (κ1) is 13.4. The molecule has 1 aromatic rings. The van der Waals surface area contributed by atoms with Crippen LogP contribution in [0.25, 0.3) is 0 Å². The fraction of sp³-hybridized carbons (Fsp3) is 0.600. The third-order valence-electron chi connectivity index (χ3n) is 3.41. The Kier molecular flexibility index (Phi) is 4.25. The number of hydrogen-bond donors (Lipinski definition) is 1. The number of rotatable bonds is 5. The highest BCUT2D eigenvalue weighted by molar-refractivity contribution is 5.40. The normalized spacial score (nSPS) is 26.8. The summed E-state index contributed by atoms with van der Waals surface area (Å²) >= 11 is 0. The first-order chi connectivity index (χ1) is 8.63. The van der Waals surface area contributed by atoms with Crippen LogP contribution in [0.1, 0.15) is 30.9 Å². The maximum absolute atomic E-state index is 9.72. The van der Waals surface area contributed by atoms with Crippen molar-refractivity contribution < 1.29 is 14.6 Å². The van der Waals surface area contributed by atoms with Gasteiger partial charge >= 0.3 is 0 Å². The molecule has 0 radical (unpaired) electrons. The molecule has 3 atom stereocenters. The molecular formula is C15H22O3. The van der Waals surface area contributed by atoms with Gasteiger partial charge in [0.25, 0.3) is 0 Å². The van der Waals surface area contributed by atoms with E-state index in [0.29, 0.717) is 13.0 Å². The summed E-state index contributed by atoms with van der Waals surface area (Å²) in [5, 5.41) is 9.72. The lowest BCUT2D eigenvalue weighted by atomic mass is 9.87. The highest BCUT2D eigenvalue weighted by atomic mass is 16.6. The average molecular weight is 250 g/mol. The lowest BCUT2D eigenvalue weighted by Gasteiger charge is -2.41. The van der Waals surface area contributed by atoms with Gasteiger partial charge in [-0.1, -0.05) is 25.1 Å². The second kappa shape index (κ2) is 5.72. The predicted molar refractivity (Wildman–Crippen MR) is 71.0 cm³/mol. The van der Waals surface area contributed by atoms with Gasteiger partial charge in [0, 0.05) is 13.0 Å². The molecule has 3 unspecified atom stereocenters. The SMILES string of the molecule is CCCOC1C(O)CC1Oc1c(C)cccc1C. The van der Waals surface area contributed by atoms with E-state index in [1.165, 1.54) is 0 Å². The van der Waals surface area contributed by atoms with Crippen molar-refractivity contribution >= 4 is 0 Å². The van der Waals surface area contributed by atoms with Crippen LogP contribution in [0.5, 0.6) is 5.75 Å². The fourth-order valence-corrected chi connectivity index (χ4v) is 2.28. The second-order valence-corrected chi connectivity index (χ2v) is 5.02. The van der Waals surface area contributed by atoms with Crippen LogP contribution in [0.4, 0.5) is 0 Å². The van der Waals surface area contributed by atoms with Gasteiger partial charge in [0.05, 0.1) is 6.10 Å². The Hall–Kier alpha value is -1.06. The van der Waals surface area contributed by atoms with Crippen LogP contribution < -0.4 is 4.74 Å². The molecule has 0 aromatic heterocycles. The van der Waals surface area contributed by atoms with E-state index in [9.17, 15) is 5.11 Å². The first-order valence-electron chi connectivity index (χ1n) is 6.66. The molecule has 3 heteroatoms. The van der Waals surface area contributed by atoms with Crippen molar-refractivity contribution in [1.82, 2.24) is 0 Å². The zero-order valence-electron chi connectivity index (χ0n) is 11.3. The van der Waals surface area contributed by atoms with Crippen LogP contribution in [0.2, 0.25) is 0 Å². The van der Waals surface area contributed by atoms with Crippen LogP contribution in [0.3, 0.4) is 0 Å². The summed E-state index contributed by atoms with van der Waals surface area (Å²) in [6, 6.07) is 6.11. The zero-order chi connectivity index (χ0) is 13.1. The number of aliphatic hydroxyl groups is 1. The van der Waals surface area contributed by atoms with Crippen LogP contribution in [0, 0.1) is 13.8 Å². The van der Waals surface area contributed by atoms with Gasteiger partial charge in [0.2, 0.25) is 0 Å². The number of para-hydroxylation sites is 1. The molecule has 0 bridgehead atoms. The van der Waals surface area contributed by atoms with E-state index in [1.54, 1.807) is 0 Å². The monoisotopic (exact) mass is 250 g/mol. The molecule has 18 heavy (non-hydrogen) atoms. The first-order valence-corrected chi connectivity index (χ1v) is 6.66. The highest BCUT2D eigenvalue weighted by Gasteiger charge is 2.43. The smallest absolute Gasteiger partial charge is 0.130 e. The molecule has 1 saturated carbocycles. The van der Waals surface area contributed by atoms with Crippen LogP contribution in [-0.2, 0) is 4.74 Å². The molecule has 0 heterocycles. The van der Waals surface area contributed by atoms with E-state index in [4.69, 9.17) is 9.47 Å². The minimum absolute atomic E-state index is 0.0219. The van der Waals surface area contributed by atoms with E-state index in [-0.39, 0.29) is 18.3 Å². The molecule has 0 amide bonds. The average Bonchev–Trinajstić information content (AvgIpc) is 2.33. The molecule has 100 valence electrons. The molecule has 1 fully saturated rings. The summed E-state index contributed by atoms with van der Waals surface area (Å²) in [6.07, 6.45) is 1.03. The molecule has 1 N–H and O–H groups in total. The van der Waals surface area contributed by atoms with E-state index >= 15 is 0 Å². The van der Waals surface area contributed by atoms with Crippen molar-refractivity contribution in [1.29, 1.82) is 0 Å². The molecule has 1 aromatic carbocycles. The Morgan fingerprint density at radius 2 is 1.94 bits per heavy atom. The van der Waals surface area contributed by atoms with Gasteiger partial charge in [-0.2, -0.15) is 0 Å². The molecule has 1 aliphatic carbocycles. The maximum atomic E-state index is 9.72. The summed E-state index contributed by atoms with van der Waals surface area (Å²) in [7, 11) is 0. The summed E-state index contributed by atoms with van der Waals surface area (Å²) in [4.78, 5) is 0. The number of aliphatic hydroxyl groups excluding tert-OH is 1. The Bertz CT molecular complexity index is 382. The van der Waals surface area contributed by atoms with E-state index in [2.05, 4.69) is 6.92 Å². The van der Waals surface area contributed by atoms with Crippen LogP contribution >= 0.6 is 0 Å². The second-order valence-electron chi connectivity index (χ2n) is 5.02. The largest absolute Gasteiger partial charge is 0.487 e. The summed E-state index contributed by atoms with van der Waals surface area (Å²) in [6.45, 7) is 6.82. The van der Waals surface area contributed by atoms with Crippen molar-refractivity contribution in [3.63, 3.8) is 0 Å². The van der Waals surface area contributed by atoms with Crippen molar-refractivity contribution in [3.05, 3.63) is 29.3 Å². The standard InChI is InChI=1S/C15H22O3/c1-4-8-17-15-12(16)9-13(15)18-14-10(2)6-5-7-11(14)3/h5-7,12-13,15-16H,4,8-9H2,1-3H3. The van der Waals surface area contributed by atoms with Crippen molar-refractivity contribution in [3.8, 4) is 5.75 Å². The van der Waals surface area contributed by atoms with E-state index in [1.807, 2.05) is 32.0 Å². The Balaban J connectivity index is 2.01. The van der Waals surface area contributed by atoms with Gasteiger partial charge in [0.15, 0.2) is 0 Å². The van der Waals surface area contributed by atoms with Crippen molar-refractivity contribution in [2.24, 2.45) is 0 Å². The van der Waals surface area contributed by atoms with Gasteiger partial charge in [-0.15, -0.1) is 0 Å². The third-order valence-corrected chi connectivity index (χ3v) is 3.41. The molecule has 0 aliphatic heterocycles. The maximum Gasteiger partial charge on any atom is 0.130 e. The van der Waals surface area contributed by atoms with Gasteiger partial charge in [-0.25, -0.2) is 0 Å². The van der Waals surface area contributed by atoms with Crippen molar-refractivity contribution in [2.45, 2.75) is 51.9 Å². The minimum atomic E-state index is -0.383. The van der Waals surface area contributed by atoms with E-state index < -0.39 is 0 Å². The molecule has 3 nitrogen and oxygen atoms in total. The highest BCUT2D eigenvalue weighted by Crippen LogP contribution is 2.32. The van der Waals surface area contributed by atoms with Crippen LogP contribution in [0.15, 0.2) is 18.2 Å². The lowest BCUT2D eigenvalue weighted by molar-refractivity contribution is -0.162. The zero-order valence-corrected chi connectivity index (χ0v) is 11.3. The molecular weight excluding hydrogens is 228 g/mol. The van der Waals surface area contributed by atoms with Gasteiger partial charge in [-0.05, 0) is 31.4 Å². The minimum Gasteiger partial charge on any atom is -0.487 e. The summed E-state index contributed by atoms with van der Waals surface area (Å²) in [5.74, 6) is 0.930. The molecule has 0 spiro atoms. The fourth-order valence-electron chi connectivity index (χ4n) is 2.28. The number of aryl methyl sites for hydroxylation is 2. The van der Waals surface area contributed by atoms with Crippen LogP contribution in [-0.4, -0.2) is 30.0 Å². The third kappa shape index (κ3) is 2.68. The lowest BCUT2D eigenvalue weighted by Crippen LogP contribution is -2.55. The van der Waals surface area contributed by atoms with Gasteiger partial charge in [-0.3, -0.25) is 0 Å². The summed E-state index contributed by atoms with van der Waals surface area (Å²) in [5.41, 5.74) is 2.26. The van der Waals surface area contributed by atoms with Gasteiger partial charge < -0.3 is 14.6 Å². The number of benzene rings is 1. The summed E-state index contributed by atoms with van der Waals surface area (Å²) < 4.78 is 11.6. The van der Waals surface area contributed by atoms with Gasteiger partial charge in [0.1, 0.15) is 18.0 Å². The molecule has 2 rings (SSSR count). The number of ether oxygens (including phenoxy) is 2. The quantitative estimate of drug-likeness (QED) is 0.873. The Morgan fingerprint density at radius 1 is 1.28 bits per heavy atom. The van der Waals surface area contributed by atoms with Crippen molar-refractivity contribution in [2.75, 3.05) is 6.61 Å². The Labute approximate surface area is 109 Å². The molecule has 0 saturated heterocycles. The van der Waals surface area contributed by atoms with E-state index in [0.717, 1.165) is 23.3 Å². The Morgan fingerprint density at radius 3 is 2.50 bits per heavy atom. The number of hydrogen-bond acceptors (Lipinski definition) is 3. The predicted octanol–water partition coefficient (Wildman–Crippen LogP) is 2.61. The topological polar surface area (TPSA) is 38.7 Å².